The summed E-state index contributed by atoms with van der Waals surface area (Å²) in [6, 6.07) is 10.1. The summed E-state index contributed by atoms with van der Waals surface area (Å²) in [4.78, 5) is 35.8. The van der Waals surface area contributed by atoms with Crippen LogP contribution in [-0.4, -0.2) is 39.9 Å². The van der Waals surface area contributed by atoms with E-state index in [1.54, 1.807) is 36.4 Å². The Balaban J connectivity index is 1.44. The van der Waals surface area contributed by atoms with Crippen LogP contribution in [0.3, 0.4) is 0 Å². The molecule has 0 aliphatic rings. The first kappa shape index (κ1) is 17.3. The molecule has 2 amide bonds. The fourth-order valence-electron chi connectivity index (χ4n) is 2.34. The lowest BCUT2D eigenvalue weighted by Gasteiger charge is -2.07. The average Bonchev–Trinajstić information content (AvgIpc) is 3.19. The third-order valence-corrected chi connectivity index (χ3v) is 3.66. The van der Waals surface area contributed by atoms with Crippen LogP contribution in [0.4, 0.5) is 0 Å². The van der Waals surface area contributed by atoms with Crippen LogP contribution in [0, 0.1) is 0 Å². The fraction of sp³-hybridized carbons (Fsp3) is 0.235. The van der Waals surface area contributed by atoms with Crippen LogP contribution in [0.5, 0.6) is 0 Å². The zero-order chi connectivity index (χ0) is 18.4. The number of rotatable bonds is 7. The second-order valence-electron chi connectivity index (χ2n) is 5.47. The van der Waals surface area contributed by atoms with E-state index >= 15 is 0 Å². The molecule has 3 rings (SSSR count). The Labute approximate surface area is 148 Å². The van der Waals surface area contributed by atoms with Gasteiger partial charge >= 0.3 is 0 Å². The number of amides is 2. The van der Waals surface area contributed by atoms with Gasteiger partial charge in [0.25, 0.3) is 11.5 Å². The van der Waals surface area contributed by atoms with Gasteiger partial charge in [-0.1, -0.05) is 17.3 Å². The summed E-state index contributed by atoms with van der Waals surface area (Å²) in [5, 5.41) is 13.5. The summed E-state index contributed by atoms with van der Waals surface area (Å²) in [6.07, 6.45) is 1.49. The molecule has 2 heterocycles. The van der Waals surface area contributed by atoms with Crippen molar-refractivity contribution < 1.29 is 14.0 Å². The summed E-state index contributed by atoms with van der Waals surface area (Å²) in [5.41, 5.74) is 0.236. The SMILES string of the molecule is O=C(CCn1nnc2ccccc2c1=O)NCCNC(=O)c1ccco1. The highest BCUT2D eigenvalue weighted by molar-refractivity contribution is 5.91. The second-order valence-corrected chi connectivity index (χ2v) is 5.47. The third-order valence-electron chi connectivity index (χ3n) is 3.66. The van der Waals surface area contributed by atoms with Crippen LogP contribution >= 0.6 is 0 Å². The molecule has 2 aromatic heterocycles. The molecule has 134 valence electrons. The number of nitrogens with zero attached hydrogens (tertiary/aromatic N) is 3. The standard InChI is InChI=1S/C17H17N5O4/c23-15(18-8-9-19-16(24)14-6-3-11-26-14)7-10-22-17(25)12-4-1-2-5-13(12)20-21-22/h1-6,11H,7-10H2,(H,18,23)(H,19,24). The van der Waals surface area contributed by atoms with E-state index in [9.17, 15) is 14.4 Å². The molecule has 0 atom stereocenters. The van der Waals surface area contributed by atoms with Gasteiger partial charge in [0.15, 0.2) is 5.76 Å². The molecule has 0 aliphatic carbocycles. The van der Waals surface area contributed by atoms with Crippen molar-refractivity contribution >= 4 is 22.7 Å². The fourth-order valence-corrected chi connectivity index (χ4v) is 2.34. The lowest BCUT2D eigenvalue weighted by molar-refractivity contribution is -0.121. The quantitative estimate of drug-likeness (QED) is 0.589. The van der Waals surface area contributed by atoms with Gasteiger partial charge < -0.3 is 15.1 Å². The zero-order valence-electron chi connectivity index (χ0n) is 13.8. The van der Waals surface area contributed by atoms with Gasteiger partial charge in [-0.3, -0.25) is 14.4 Å². The minimum Gasteiger partial charge on any atom is -0.459 e. The van der Waals surface area contributed by atoms with Crippen molar-refractivity contribution in [1.82, 2.24) is 25.6 Å². The van der Waals surface area contributed by atoms with E-state index in [1.807, 2.05) is 0 Å². The Morgan fingerprint density at radius 3 is 2.69 bits per heavy atom. The first-order chi connectivity index (χ1) is 12.6. The van der Waals surface area contributed by atoms with Gasteiger partial charge in [0.1, 0.15) is 5.52 Å². The number of benzene rings is 1. The number of hydrogen-bond donors (Lipinski definition) is 2. The highest BCUT2D eigenvalue weighted by atomic mass is 16.3. The summed E-state index contributed by atoms with van der Waals surface area (Å²) >= 11 is 0. The van der Waals surface area contributed by atoms with Crippen LogP contribution in [-0.2, 0) is 11.3 Å². The van der Waals surface area contributed by atoms with E-state index in [1.165, 1.54) is 10.9 Å². The lowest BCUT2D eigenvalue weighted by atomic mass is 10.2. The maximum Gasteiger partial charge on any atom is 0.287 e. The maximum atomic E-state index is 12.3. The van der Waals surface area contributed by atoms with Crippen LogP contribution < -0.4 is 16.2 Å². The lowest BCUT2D eigenvalue weighted by Crippen LogP contribution is -2.35. The molecule has 1 aromatic carbocycles. The van der Waals surface area contributed by atoms with Gasteiger partial charge in [0, 0.05) is 19.5 Å². The van der Waals surface area contributed by atoms with E-state index in [2.05, 4.69) is 20.9 Å². The van der Waals surface area contributed by atoms with Crippen LogP contribution in [0.2, 0.25) is 0 Å². The number of furan rings is 1. The monoisotopic (exact) mass is 355 g/mol. The number of carbonyl (C=O) groups excluding carboxylic acids is 2. The average molecular weight is 355 g/mol. The molecule has 26 heavy (non-hydrogen) atoms. The summed E-state index contributed by atoms with van der Waals surface area (Å²) < 4.78 is 6.13. The molecule has 0 spiro atoms. The minimum absolute atomic E-state index is 0.0824. The molecule has 0 bridgehead atoms. The molecule has 0 fully saturated rings. The molecular weight excluding hydrogens is 338 g/mol. The topological polar surface area (TPSA) is 119 Å². The number of aryl methyl sites for hydroxylation is 1. The van der Waals surface area contributed by atoms with Crippen molar-refractivity contribution in [2.45, 2.75) is 13.0 Å². The Kier molecular flexibility index (Phi) is 5.37. The first-order valence-corrected chi connectivity index (χ1v) is 8.06. The number of hydrogen-bond acceptors (Lipinski definition) is 6. The van der Waals surface area contributed by atoms with E-state index in [-0.39, 0.29) is 49.2 Å². The van der Waals surface area contributed by atoms with Gasteiger partial charge in [-0.25, -0.2) is 4.68 Å². The number of fused-ring (bicyclic) bond motifs is 1. The predicted octanol–water partition coefficient (Wildman–Crippen LogP) is 0.321. The van der Waals surface area contributed by atoms with E-state index in [0.29, 0.717) is 10.9 Å². The Morgan fingerprint density at radius 1 is 1.08 bits per heavy atom. The van der Waals surface area contributed by atoms with Gasteiger partial charge in [0.05, 0.1) is 18.2 Å². The molecule has 0 radical (unpaired) electrons. The highest BCUT2D eigenvalue weighted by Crippen LogP contribution is 2.03. The largest absolute Gasteiger partial charge is 0.459 e. The molecule has 2 N–H and O–H groups in total. The molecule has 0 saturated carbocycles. The van der Waals surface area contributed by atoms with Crippen molar-refractivity contribution in [1.29, 1.82) is 0 Å². The Bertz CT molecular complexity index is 965. The molecule has 9 nitrogen and oxygen atoms in total. The number of aromatic nitrogens is 3. The first-order valence-electron chi connectivity index (χ1n) is 8.06. The molecule has 3 aromatic rings. The van der Waals surface area contributed by atoms with Crippen molar-refractivity contribution in [3.8, 4) is 0 Å². The van der Waals surface area contributed by atoms with Gasteiger partial charge in [-0.15, -0.1) is 5.10 Å². The summed E-state index contributed by atoms with van der Waals surface area (Å²) in [6.45, 7) is 0.659. The normalized spacial score (nSPS) is 10.6. The molecule has 9 heteroatoms. The summed E-state index contributed by atoms with van der Waals surface area (Å²) in [5.74, 6) is -0.382. The van der Waals surface area contributed by atoms with E-state index < -0.39 is 0 Å². The molecule has 0 unspecified atom stereocenters. The van der Waals surface area contributed by atoms with Crippen molar-refractivity contribution in [2.75, 3.05) is 13.1 Å². The Hall–Kier alpha value is -3.49. The number of carbonyl (C=O) groups is 2. The van der Waals surface area contributed by atoms with Gasteiger partial charge in [-0.05, 0) is 24.3 Å². The van der Waals surface area contributed by atoms with Crippen molar-refractivity contribution in [2.24, 2.45) is 0 Å². The van der Waals surface area contributed by atoms with Crippen molar-refractivity contribution in [3.63, 3.8) is 0 Å². The van der Waals surface area contributed by atoms with Crippen LogP contribution in [0.25, 0.3) is 10.9 Å². The van der Waals surface area contributed by atoms with Crippen molar-refractivity contribution in [3.05, 3.63) is 58.8 Å². The van der Waals surface area contributed by atoms with E-state index in [4.69, 9.17) is 4.42 Å². The third kappa shape index (κ3) is 4.12. The Morgan fingerprint density at radius 2 is 1.88 bits per heavy atom. The second kappa shape index (κ2) is 8.06. The molecule has 0 aliphatic heterocycles. The summed E-state index contributed by atoms with van der Waals surface area (Å²) in [7, 11) is 0. The molecular formula is C17H17N5O4. The highest BCUT2D eigenvalue weighted by Gasteiger charge is 2.09. The van der Waals surface area contributed by atoms with Gasteiger partial charge in [-0.2, -0.15) is 0 Å². The maximum absolute atomic E-state index is 12.3. The zero-order valence-corrected chi connectivity index (χ0v) is 13.8. The number of nitrogens with one attached hydrogen (secondary N) is 2. The minimum atomic E-state index is -0.345. The van der Waals surface area contributed by atoms with Gasteiger partial charge in [0.2, 0.25) is 5.91 Å². The van der Waals surface area contributed by atoms with E-state index in [0.717, 1.165) is 0 Å². The van der Waals surface area contributed by atoms with Crippen LogP contribution in [0.15, 0.2) is 51.9 Å². The smallest absolute Gasteiger partial charge is 0.287 e. The van der Waals surface area contributed by atoms with Crippen LogP contribution in [0.1, 0.15) is 17.0 Å². The molecule has 0 saturated heterocycles. The predicted molar refractivity (Wildman–Crippen MR) is 92.5 cm³/mol.